The molecule has 18 heavy (non-hydrogen) atoms. The summed E-state index contributed by atoms with van der Waals surface area (Å²) in [4.78, 5) is 0. The van der Waals surface area contributed by atoms with Crippen LogP contribution in [0.3, 0.4) is 0 Å². The standard InChI is InChI=1S/C15H23NS2/c1-4-13-15(18-9-8-17-13)14(16-3)12-7-5-6-11(2)10-12/h5-7,10,13-16H,4,8-9H2,1-3H3. The number of aryl methyl sites for hydroxylation is 1. The zero-order valence-corrected chi connectivity index (χ0v) is 13.1. The number of benzene rings is 1. The fourth-order valence-corrected chi connectivity index (χ4v) is 5.92. The molecular formula is C15H23NS2. The van der Waals surface area contributed by atoms with Crippen LogP contribution in [0.2, 0.25) is 0 Å². The molecule has 3 atom stereocenters. The summed E-state index contributed by atoms with van der Waals surface area (Å²) in [5, 5.41) is 5.02. The molecule has 1 fully saturated rings. The Bertz CT molecular complexity index is 381. The van der Waals surface area contributed by atoms with Crippen molar-refractivity contribution in [2.75, 3.05) is 18.6 Å². The Kier molecular flexibility index (Phi) is 5.46. The van der Waals surface area contributed by atoms with Gasteiger partial charge >= 0.3 is 0 Å². The van der Waals surface area contributed by atoms with E-state index in [1.165, 1.54) is 29.1 Å². The minimum absolute atomic E-state index is 0.479. The van der Waals surface area contributed by atoms with Crippen LogP contribution in [0.5, 0.6) is 0 Å². The van der Waals surface area contributed by atoms with Crippen LogP contribution in [0.1, 0.15) is 30.5 Å². The van der Waals surface area contributed by atoms with Crippen molar-refractivity contribution in [2.24, 2.45) is 0 Å². The highest BCUT2D eigenvalue weighted by Crippen LogP contribution is 2.40. The van der Waals surface area contributed by atoms with Crippen LogP contribution in [-0.2, 0) is 0 Å². The minimum Gasteiger partial charge on any atom is -0.312 e. The lowest BCUT2D eigenvalue weighted by Crippen LogP contribution is -2.37. The van der Waals surface area contributed by atoms with E-state index in [4.69, 9.17) is 0 Å². The van der Waals surface area contributed by atoms with Gasteiger partial charge in [0, 0.05) is 28.0 Å². The van der Waals surface area contributed by atoms with Crippen molar-refractivity contribution in [3.05, 3.63) is 35.4 Å². The fraction of sp³-hybridized carbons (Fsp3) is 0.600. The number of thioether (sulfide) groups is 2. The molecular weight excluding hydrogens is 258 g/mol. The third kappa shape index (κ3) is 3.25. The molecule has 0 saturated carbocycles. The first kappa shape index (κ1) is 14.3. The Labute approximate surface area is 120 Å². The predicted molar refractivity (Wildman–Crippen MR) is 85.8 cm³/mol. The summed E-state index contributed by atoms with van der Waals surface area (Å²) in [5.41, 5.74) is 2.80. The van der Waals surface area contributed by atoms with Crippen LogP contribution >= 0.6 is 23.5 Å². The number of nitrogens with one attached hydrogen (secondary N) is 1. The largest absolute Gasteiger partial charge is 0.312 e. The molecule has 3 unspecified atom stereocenters. The summed E-state index contributed by atoms with van der Waals surface area (Å²) in [6.07, 6.45) is 1.27. The normalized spacial score (nSPS) is 25.9. The van der Waals surface area contributed by atoms with Gasteiger partial charge in [-0.05, 0) is 26.0 Å². The van der Waals surface area contributed by atoms with Gasteiger partial charge in [0.05, 0.1) is 0 Å². The molecule has 0 amide bonds. The highest BCUT2D eigenvalue weighted by atomic mass is 32.2. The quantitative estimate of drug-likeness (QED) is 0.899. The van der Waals surface area contributed by atoms with Gasteiger partial charge in [0.1, 0.15) is 0 Å². The van der Waals surface area contributed by atoms with Gasteiger partial charge in [0.15, 0.2) is 0 Å². The van der Waals surface area contributed by atoms with Crippen molar-refractivity contribution in [1.29, 1.82) is 0 Å². The molecule has 100 valence electrons. The molecule has 1 aromatic rings. The van der Waals surface area contributed by atoms with Gasteiger partial charge in [-0.3, -0.25) is 0 Å². The van der Waals surface area contributed by atoms with Gasteiger partial charge in [-0.1, -0.05) is 36.8 Å². The molecule has 2 rings (SSSR count). The molecule has 1 nitrogen and oxygen atoms in total. The maximum Gasteiger partial charge on any atom is 0.0449 e. The third-order valence-corrected chi connectivity index (χ3v) is 6.89. The van der Waals surface area contributed by atoms with Crippen LogP contribution in [0.15, 0.2) is 24.3 Å². The Balaban J connectivity index is 2.21. The molecule has 1 aliphatic rings. The van der Waals surface area contributed by atoms with Crippen molar-refractivity contribution in [2.45, 2.75) is 36.8 Å². The molecule has 3 heteroatoms. The smallest absolute Gasteiger partial charge is 0.0449 e. The summed E-state index contributed by atoms with van der Waals surface area (Å²) in [6, 6.07) is 9.43. The number of hydrogen-bond donors (Lipinski definition) is 1. The Morgan fingerprint density at radius 1 is 1.33 bits per heavy atom. The molecule has 0 aliphatic carbocycles. The van der Waals surface area contributed by atoms with Crippen LogP contribution < -0.4 is 5.32 Å². The van der Waals surface area contributed by atoms with E-state index in [1.807, 2.05) is 0 Å². The predicted octanol–water partition coefficient (Wildman–Crippen LogP) is 3.88. The van der Waals surface area contributed by atoms with Gasteiger partial charge in [-0.2, -0.15) is 23.5 Å². The third-order valence-electron chi connectivity index (χ3n) is 3.54. The number of hydrogen-bond acceptors (Lipinski definition) is 3. The highest BCUT2D eigenvalue weighted by Gasteiger charge is 2.32. The molecule has 0 aromatic heterocycles. The molecule has 1 heterocycles. The summed E-state index contributed by atoms with van der Waals surface area (Å²) < 4.78 is 0. The van der Waals surface area contributed by atoms with Gasteiger partial charge in [-0.15, -0.1) is 0 Å². The first-order valence-corrected chi connectivity index (χ1v) is 8.83. The molecule has 1 N–H and O–H groups in total. The monoisotopic (exact) mass is 281 g/mol. The summed E-state index contributed by atoms with van der Waals surface area (Å²) in [5.74, 6) is 2.60. The zero-order valence-electron chi connectivity index (χ0n) is 11.5. The molecule has 0 radical (unpaired) electrons. The van der Waals surface area contributed by atoms with E-state index in [2.05, 4.69) is 74.0 Å². The van der Waals surface area contributed by atoms with E-state index in [9.17, 15) is 0 Å². The molecule has 1 aromatic carbocycles. The second kappa shape index (κ2) is 6.88. The van der Waals surface area contributed by atoms with E-state index < -0.39 is 0 Å². The van der Waals surface area contributed by atoms with Gasteiger partial charge in [0.2, 0.25) is 0 Å². The number of rotatable bonds is 4. The fourth-order valence-electron chi connectivity index (χ4n) is 2.63. The lowest BCUT2D eigenvalue weighted by Gasteiger charge is -2.36. The van der Waals surface area contributed by atoms with E-state index in [1.54, 1.807) is 0 Å². The Morgan fingerprint density at radius 3 is 2.78 bits per heavy atom. The second-order valence-electron chi connectivity index (χ2n) is 4.83. The maximum absolute atomic E-state index is 3.55. The van der Waals surface area contributed by atoms with Gasteiger partial charge in [-0.25, -0.2) is 0 Å². The van der Waals surface area contributed by atoms with Crippen molar-refractivity contribution in [1.82, 2.24) is 5.32 Å². The molecule has 0 spiro atoms. The zero-order chi connectivity index (χ0) is 13.0. The van der Waals surface area contributed by atoms with Crippen molar-refractivity contribution < 1.29 is 0 Å². The van der Waals surface area contributed by atoms with Gasteiger partial charge < -0.3 is 5.32 Å². The van der Waals surface area contributed by atoms with E-state index in [0.29, 0.717) is 11.3 Å². The highest BCUT2D eigenvalue weighted by molar-refractivity contribution is 8.07. The minimum atomic E-state index is 0.479. The van der Waals surface area contributed by atoms with Crippen molar-refractivity contribution in [3.63, 3.8) is 0 Å². The lowest BCUT2D eigenvalue weighted by atomic mass is 9.99. The van der Waals surface area contributed by atoms with E-state index >= 15 is 0 Å². The van der Waals surface area contributed by atoms with Crippen LogP contribution in [0, 0.1) is 6.92 Å². The van der Waals surface area contributed by atoms with Crippen LogP contribution in [0.4, 0.5) is 0 Å². The van der Waals surface area contributed by atoms with Crippen molar-refractivity contribution >= 4 is 23.5 Å². The molecule has 1 saturated heterocycles. The maximum atomic E-state index is 3.55. The average Bonchev–Trinajstić information content (AvgIpc) is 2.40. The Morgan fingerprint density at radius 2 is 2.11 bits per heavy atom. The molecule has 1 aliphatic heterocycles. The van der Waals surface area contributed by atoms with E-state index in [0.717, 1.165) is 5.25 Å². The SMILES string of the molecule is CCC1SCCSC1C(NC)c1cccc(C)c1. The van der Waals surface area contributed by atoms with Crippen molar-refractivity contribution in [3.8, 4) is 0 Å². The first-order valence-electron chi connectivity index (χ1n) is 6.73. The first-order chi connectivity index (χ1) is 8.76. The Hall–Kier alpha value is -0.120. The summed E-state index contributed by atoms with van der Waals surface area (Å²) in [6.45, 7) is 4.50. The van der Waals surface area contributed by atoms with E-state index in [-0.39, 0.29) is 0 Å². The summed E-state index contributed by atoms with van der Waals surface area (Å²) in [7, 11) is 2.10. The average molecular weight is 281 g/mol. The van der Waals surface area contributed by atoms with Crippen LogP contribution in [-0.4, -0.2) is 29.1 Å². The molecule has 0 bridgehead atoms. The second-order valence-corrected chi connectivity index (χ2v) is 7.47. The topological polar surface area (TPSA) is 12.0 Å². The van der Waals surface area contributed by atoms with Crippen LogP contribution in [0.25, 0.3) is 0 Å². The van der Waals surface area contributed by atoms with Gasteiger partial charge in [0.25, 0.3) is 0 Å². The lowest BCUT2D eigenvalue weighted by molar-refractivity contribution is 0.543. The summed E-state index contributed by atoms with van der Waals surface area (Å²) >= 11 is 4.30.